The smallest absolute Gasteiger partial charge is 0.430 e. The second kappa shape index (κ2) is 6.60. The molecule has 29 heavy (non-hydrogen) atoms. The van der Waals surface area contributed by atoms with Gasteiger partial charge in [-0.3, -0.25) is 9.59 Å². The fourth-order valence-electron chi connectivity index (χ4n) is 3.91. The summed E-state index contributed by atoms with van der Waals surface area (Å²) in [4.78, 5) is 39.0. The lowest BCUT2D eigenvalue weighted by Crippen LogP contribution is -2.48. The largest absolute Gasteiger partial charge is 0.437 e. The van der Waals surface area contributed by atoms with Gasteiger partial charge in [-0.2, -0.15) is 10.0 Å². The van der Waals surface area contributed by atoms with Crippen LogP contribution in [0.25, 0.3) is 0 Å². The number of hydrazine groups is 1. The minimum atomic E-state index is -0.734. The second-order valence-electron chi connectivity index (χ2n) is 6.88. The zero-order valence-electron chi connectivity index (χ0n) is 15.3. The van der Waals surface area contributed by atoms with Gasteiger partial charge in [0.2, 0.25) is 0 Å². The molecule has 142 valence electrons. The number of amides is 3. The molecule has 0 bridgehead atoms. The van der Waals surface area contributed by atoms with Crippen LogP contribution in [0.3, 0.4) is 0 Å². The van der Waals surface area contributed by atoms with Crippen LogP contribution in [0.1, 0.15) is 44.0 Å². The Hall–Kier alpha value is -3.93. The molecule has 3 aromatic rings. The highest BCUT2D eigenvalue weighted by Gasteiger charge is 2.52. The van der Waals surface area contributed by atoms with Crippen LogP contribution in [0.15, 0.2) is 84.9 Å². The summed E-state index contributed by atoms with van der Waals surface area (Å²) in [5, 5.41) is 2.06. The molecule has 1 saturated heterocycles. The van der Waals surface area contributed by atoms with E-state index in [1.165, 1.54) is 0 Å². The molecule has 1 fully saturated rings. The summed E-state index contributed by atoms with van der Waals surface area (Å²) in [5.41, 5.74) is 2.11. The molecule has 3 amide bonds. The van der Waals surface area contributed by atoms with Gasteiger partial charge < -0.3 is 4.74 Å². The Morgan fingerprint density at radius 3 is 1.66 bits per heavy atom. The van der Waals surface area contributed by atoms with E-state index in [2.05, 4.69) is 0 Å². The quantitative estimate of drug-likeness (QED) is 0.637. The first kappa shape index (κ1) is 17.2. The van der Waals surface area contributed by atoms with E-state index < -0.39 is 30.1 Å². The number of nitrogens with zero attached hydrogens (tertiary/aromatic N) is 2. The van der Waals surface area contributed by atoms with Crippen molar-refractivity contribution in [2.75, 3.05) is 0 Å². The highest BCUT2D eigenvalue weighted by atomic mass is 16.6. The zero-order valence-corrected chi connectivity index (χ0v) is 15.3. The third kappa shape index (κ3) is 2.61. The summed E-state index contributed by atoms with van der Waals surface area (Å²) in [6.45, 7) is 0. The van der Waals surface area contributed by atoms with Crippen molar-refractivity contribution in [3.8, 4) is 0 Å². The molecular formula is C23H16N2O4. The molecule has 2 atom stereocenters. The molecule has 0 radical (unpaired) electrons. The number of ether oxygens (including phenoxy) is 1. The van der Waals surface area contributed by atoms with Crippen molar-refractivity contribution >= 4 is 17.9 Å². The molecule has 2 aliphatic heterocycles. The van der Waals surface area contributed by atoms with Gasteiger partial charge in [0.25, 0.3) is 11.8 Å². The molecule has 0 N–H and O–H groups in total. The third-order valence-electron chi connectivity index (χ3n) is 5.22. The number of rotatable bonds is 3. The average molecular weight is 384 g/mol. The predicted molar refractivity (Wildman–Crippen MR) is 104 cm³/mol. The van der Waals surface area contributed by atoms with Crippen LogP contribution in [-0.4, -0.2) is 27.9 Å². The molecule has 0 aromatic heterocycles. The highest BCUT2D eigenvalue weighted by molar-refractivity contribution is 6.21. The molecule has 0 spiro atoms. The van der Waals surface area contributed by atoms with Gasteiger partial charge in [-0.25, -0.2) is 4.79 Å². The number of hydrogen-bond acceptors (Lipinski definition) is 4. The first-order chi connectivity index (χ1) is 14.2. The standard InChI is InChI=1S/C23H16N2O4/c26-21-17-13-7-8-14-18(17)22(27)25(21)24-19(15-9-3-1-4-10-15)20(29-23(24)28)16-11-5-2-6-12-16/h1-14,19-20H. The van der Waals surface area contributed by atoms with Gasteiger partial charge >= 0.3 is 6.09 Å². The zero-order chi connectivity index (χ0) is 20.0. The number of benzene rings is 3. The van der Waals surface area contributed by atoms with Gasteiger partial charge in [0.1, 0.15) is 6.04 Å². The van der Waals surface area contributed by atoms with Crippen molar-refractivity contribution in [2.24, 2.45) is 0 Å². The van der Waals surface area contributed by atoms with E-state index in [1.54, 1.807) is 24.3 Å². The van der Waals surface area contributed by atoms with Crippen LogP contribution in [0.2, 0.25) is 0 Å². The maximum atomic E-state index is 13.0. The SMILES string of the molecule is O=C1c2ccccc2C(=O)N1N1C(=O)OC(c2ccccc2)C1c1ccccc1. The molecule has 2 unspecified atom stereocenters. The summed E-state index contributed by atoms with van der Waals surface area (Å²) in [6.07, 6.45) is -1.39. The Morgan fingerprint density at radius 2 is 1.10 bits per heavy atom. The molecular weight excluding hydrogens is 368 g/mol. The van der Waals surface area contributed by atoms with Crippen LogP contribution in [0.4, 0.5) is 4.79 Å². The van der Waals surface area contributed by atoms with Gasteiger partial charge in [0, 0.05) is 0 Å². The second-order valence-corrected chi connectivity index (χ2v) is 6.88. The number of cyclic esters (lactones) is 1. The Kier molecular flexibility index (Phi) is 3.91. The maximum absolute atomic E-state index is 13.0. The lowest BCUT2D eigenvalue weighted by molar-refractivity contribution is 0.00958. The fraction of sp³-hybridized carbons (Fsp3) is 0.0870. The Bertz CT molecular complexity index is 1080. The Labute approximate surface area is 166 Å². The minimum absolute atomic E-state index is 0.278. The molecule has 2 heterocycles. The normalized spacial score (nSPS) is 20.8. The Morgan fingerprint density at radius 1 is 0.621 bits per heavy atom. The van der Waals surface area contributed by atoms with Gasteiger partial charge in [0.15, 0.2) is 6.10 Å². The van der Waals surface area contributed by atoms with E-state index in [4.69, 9.17) is 4.74 Å². The lowest BCUT2D eigenvalue weighted by Gasteiger charge is -2.30. The summed E-state index contributed by atoms with van der Waals surface area (Å²) in [6, 6.07) is 24.5. The van der Waals surface area contributed by atoms with Crippen LogP contribution >= 0.6 is 0 Å². The van der Waals surface area contributed by atoms with E-state index in [0.717, 1.165) is 21.1 Å². The number of carbonyl (C=O) groups excluding carboxylic acids is 3. The van der Waals surface area contributed by atoms with Gasteiger partial charge in [-0.15, -0.1) is 0 Å². The van der Waals surface area contributed by atoms with Gasteiger partial charge in [-0.05, 0) is 23.3 Å². The average Bonchev–Trinajstić information content (AvgIpc) is 3.23. The van der Waals surface area contributed by atoms with Crippen LogP contribution in [0, 0.1) is 0 Å². The van der Waals surface area contributed by atoms with Crippen molar-refractivity contribution in [3.05, 3.63) is 107 Å². The number of fused-ring (bicyclic) bond motifs is 1. The van der Waals surface area contributed by atoms with Crippen molar-refractivity contribution in [3.63, 3.8) is 0 Å². The van der Waals surface area contributed by atoms with E-state index >= 15 is 0 Å². The number of carbonyl (C=O) groups is 3. The molecule has 5 rings (SSSR count). The highest BCUT2D eigenvalue weighted by Crippen LogP contribution is 2.45. The van der Waals surface area contributed by atoms with E-state index in [9.17, 15) is 14.4 Å². The van der Waals surface area contributed by atoms with E-state index in [1.807, 2.05) is 60.7 Å². The predicted octanol–water partition coefficient (Wildman–Crippen LogP) is 4.13. The van der Waals surface area contributed by atoms with Crippen molar-refractivity contribution < 1.29 is 19.1 Å². The van der Waals surface area contributed by atoms with Crippen LogP contribution in [0.5, 0.6) is 0 Å². The monoisotopic (exact) mass is 384 g/mol. The first-order valence-corrected chi connectivity index (χ1v) is 9.24. The fourth-order valence-corrected chi connectivity index (χ4v) is 3.91. The summed E-state index contributed by atoms with van der Waals surface area (Å²) in [5.74, 6) is -1.06. The molecule has 0 aliphatic carbocycles. The van der Waals surface area contributed by atoms with E-state index in [-0.39, 0.29) is 11.1 Å². The molecule has 6 nitrogen and oxygen atoms in total. The third-order valence-corrected chi connectivity index (χ3v) is 5.22. The van der Waals surface area contributed by atoms with Crippen LogP contribution < -0.4 is 0 Å². The minimum Gasteiger partial charge on any atom is -0.437 e. The first-order valence-electron chi connectivity index (χ1n) is 9.24. The summed E-state index contributed by atoms with van der Waals surface area (Å²) >= 11 is 0. The topological polar surface area (TPSA) is 66.9 Å². The summed E-state index contributed by atoms with van der Waals surface area (Å²) in [7, 11) is 0. The lowest BCUT2D eigenvalue weighted by atomic mass is 9.96. The van der Waals surface area contributed by atoms with Crippen molar-refractivity contribution in [1.82, 2.24) is 10.0 Å². The maximum Gasteiger partial charge on any atom is 0.430 e. The molecule has 0 saturated carbocycles. The van der Waals surface area contributed by atoms with Gasteiger partial charge in [-0.1, -0.05) is 72.8 Å². The summed E-state index contributed by atoms with van der Waals surface area (Å²) < 4.78 is 5.68. The van der Waals surface area contributed by atoms with E-state index in [0.29, 0.717) is 0 Å². The molecule has 6 heteroatoms. The number of imide groups is 1. The van der Waals surface area contributed by atoms with Gasteiger partial charge in [0.05, 0.1) is 11.1 Å². The van der Waals surface area contributed by atoms with Crippen molar-refractivity contribution in [2.45, 2.75) is 12.1 Å². The number of hydrogen-bond donors (Lipinski definition) is 0. The molecule has 2 aliphatic rings. The van der Waals surface area contributed by atoms with Crippen LogP contribution in [-0.2, 0) is 4.74 Å². The Balaban J connectivity index is 1.63. The molecule has 3 aromatic carbocycles. The van der Waals surface area contributed by atoms with Crippen molar-refractivity contribution in [1.29, 1.82) is 0 Å².